The minimum Gasteiger partial charge on any atom is -0.310 e. The van der Waals surface area contributed by atoms with E-state index >= 15 is 0 Å². The van der Waals surface area contributed by atoms with Gasteiger partial charge in [0.2, 0.25) is 0 Å². The lowest BCUT2D eigenvalue weighted by Crippen LogP contribution is -2.47. The van der Waals surface area contributed by atoms with E-state index in [2.05, 4.69) is 0 Å². The number of hydrogen-bond donors (Lipinski definition) is 2. The SMILES string of the molecule is NC1(N)C=CC(P(=O)(c2ccccc2)c2ccccc2)=CC1. The Labute approximate surface area is 130 Å². The summed E-state index contributed by atoms with van der Waals surface area (Å²) in [5.41, 5.74) is 11.0. The van der Waals surface area contributed by atoms with Crippen LogP contribution in [0.4, 0.5) is 0 Å². The number of allylic oxidation sites excluding steroid dienone is 2. The van der Waals surface area contributed by atoms with Gasteiger partial charge in [-0.25, -0.2) is 0 Å². The van der Waals surface area contributed by atoms with Crippen molar-refractivity contribution in [2.24, 2.45) is 11.5 Å². The Morgan fingerprint density at radius 2 is 1.36 bits per heavy atom. The highest BCUT2D eigenvalue weighted by molar-refractivity contribution is 7.82. The van der Waals surface area contributed by atoms with Crippen LogP contribution >= 0.6 is 7.14 Å². The van der Waals surface area contributed by atoms with E-state index in [1.54, 1.807) is 6.08 Å². The lowest BCUT2D eigenvalue weighted by molar-refractivity contribution is 0.555. The first-order valence-corrected chi connectivity index (χ1v) is 8.92. The third kappa shape index (κ3) is 2.71. The van der Waals surface area contributed by atoms with Crippen LogP contribution in [0.25, 0.3) is 0 Å². The van der Waals surface area contributed by atoms with Crippen LogP contribution < -0.4 is 22.1 Å². The average Bonchev–Trinajstić information content (AvgIpc) is 2.56. The number of nitrogens with two attached hydrogens (primary N) is 2. The molecule has 0 unspecified atom stereocenters. The fourth-order valence-electron chi connectivity index (χ4n) is 2.61. The van der Waals surface area contributed by atoms with Gasteiger partial charge in [0.05, 0.1) is 5.66 Å². The maximum Gasteiger partial charge on any atom is 0.170 e. The highest BCUT2D eigenvalue weighted by Gasteiger charge is 2.32. The first-order chi connectivity index (χ1) is 10.5. The molecule has 0 amide bonds. The third-order valence-electron chi connectivity index (χ3n) is 3.83. The predicted molar refractivity (Wildman–Crippen MR) is 92.7 cm³/mol. The Morgan fingerprint density at radius 3 is 1.77 bits per heavy atom. The van der Waals surface area contributed by atoms with Gasteiger partial charge >= 0.3 is 0 Å². The molecule has 3 nitrogen and oxygen atoms in total. The molecule has 1 aliphatic rings. The normalized spacial score (nSPS) is 17.1. The van der Waals surface area contributed by atoms with Gasteiger partial charge in [-0.1, -0.05) is 72.8 Å². The minimum absolute atomic E-state index is 0.475. The fraction of sp³-hybridized carbons (Fsp3) is 0.111. The fourth-order valence-corrected chi connectivity index (χ4v) is 5.33. The molecule has 0 aromatic heterocycles. The lowest BCUT2D eigenvalue weighted by Gasteiger charge is -2.27. The lowest BCUT2D eigenvalue weighted by atomic mass is 10.0. The summed E-state index contributed by atoms with van der Waals surface area (Å²) in [4.78, 5) is 0. The van der Waals surface area contributed by atoms with Crippen LogP contribution in [-0.2, 0) is 4.57 Å². The molecule has 1 aliphatic carbocycles. The molecule has 0 saturated heterocycles. The van der Waals surface area contributed by atoms with E-state index in [1.807, 2.05) is 72.8 Å². The largest absolute Gasteiger partial charge is 0.310 e. The van der Waals surface area contributed by atoms with Crippen molar-refractivity contribution in [3.8, 4) is 0 Å². The van der Waals surface area contributed by atoms with Crippen LogP contribution in [0.1, 0.15) is 6.42 Å². The minimum atomic E-state index is -2.89. The van der Waals surface area contributed by atoms with Crippen molar-refractivity contribution in [3.63, 3.8) is 0 Å². The molecule has 0 heterocycles. The zero-order valence-electron chi connectivity index (χ0n) is 12.2. The molecule has 2 aromatic carbocycles. The summed E-state index contributed by atoms with van der Waals surface area (Å²) in [6.45, 7) is 0. The molecule has 0 atom stereocenters. The Bertz CT molecular complexity index is 721. The van der Waals surface area contributed by atoms with Gasteiger partial charge in [-0.2, -0.15) is 0 Å². The Hall–Kier alpha value is -1.93. The Kier molecular flexibility index (Phi) is 3.88. The van der Waals surface area contributed by atoms with Crippen molar-refractivity contribution in [1.82, 2.24) is 0 Å². The second-order valence-electron chi connectivity index (χ2n) is 5.56. The summed E-state index contributed by atoms with van der Waals surface area (Å²) in [5, 5.41) is 2.42. The highest BCUT2D eigenvalue weighted by atomic mass is 31.2. The third-order valence-corrected chi connectivity index (χ3v) is 6.94. The molecule has 2 aromatic rings. The van der Waals surface area contributed by atoms with Crippen molar-refractivity contribution in [2.45, 2.75) is 12.1 Å². The van der Waals surface area contributed by atoms with Gasteiger partial charge < -0.3 is 16.0 Å². The van der Waals surface area contributed by atoms with Crippen LogP contribution in [0.5, 0.6) is 0 Å². The molecule has 22 heavy (non-hydrogen) atoms. The molecule has 0 saturated carbocycles. The quantitative estimate of drug-likeness (QED) is 0.676. The van der Waals surface area contributed by atoms with Gasteiger partial charge in [-0.15, -0.1) is 0 Å². The summed E-state index contributed by atoms with van der Waals surface area (Å²) in [6.07, 6.45) is 5.93. The van der Waals surface area contributed by atoms with E-state index in [0.717, 1.165) is 15.9 Å². The maximum absolute atomic E-state index is 14.0. The number of rotatable bonds is 3. The van der Waals surface area contributed by atoms with Crippen LogP contribution in [0.15, 0.2) is 84.2 Å². The van der Waals surface area contributed by atoms with Crippen molar-refractivity contribution < 1.29 is 4.57 Å². The van der Waals surface area contributed by atoms with E-state index in [0.29, 0.717) is 6.42 Å². The molecule has 3 rings (SSSR count). The molecular weight excluding hydrogens is 291 g/mol. The van der Waals surface area contributed by atoms with Gasteiger partial charge in [0.1, 0.15) is 0 Å². The van der Waals surface area contributed by atoms with Gasteiger partial charge in [0, 0.05) is 22.3 Å². The van der Waals surface area contributed by atoms with E-state index in [1.165, 1.54) is 0 Å². The summed E-state index contributed by atoms with van der Waals surface area (Å²) in [6, 6.07) is 19.1. The topological polar surface area (TPSA) is 69.1 Å². The maximum atomic E-state index is 14.0. The van der Waals surface area contributed by atoms with Crippen LogP contribution in [0.2, 0.25) is 0 Å². The Morgan fingerprint density at radius 1 is 0.864 bits per heavy atom. The monoisotopic (exact) mass is 310 g/mol. The smallest absolute Gasteiger partial charge is 0.170 e. The predicted octanol–water partition coefficient (Wildman–Crippen LogP) is 2.46. The van der Waals surface area contributed by atoms with E-state index in [4.69, 9.17) is 11.5 Å². The zero-order valence-corrected chi connectivity index (χ0v) is 13.1. The standard InChI is InChI=1S/C18H19N2OP/c19-18(20)13-11-17(12-14-18)22(21,15-7-3-1-4-8-15)16-9-5-2-6-10-16/h1-13H,14,19-20H2. The highest BCUT2D eigenvalue weighted by Crippen LogP contribution is 2.53. The molecule has 0 spiro atoms. The first kappa shape index (κ1) is 15.0. The molecule has 0 radical (unpaired) electrons. The second-order valence-corrected chi connectivity index (χ2v) is 8.33. The van der Waals surface area contributed by atoms with Crippen molar-refractivity contribution in [1.29, 1.82) is 0 Å². The number of hydrogen-bond acceptors (Lipinski definition) is 3. The molecule has 0 bridgehead atoms. The van der Waals surface area contributed by atoms with Crippen LogP contribution in [0.3, 0.4) is 0 Å². The molecule has 0 fully saturated rings. The molecular formula is C18H19N2OP. The van der Waals surface area contributed by atoms with Crippen LogP contribution in [0, 0.1) is 0 Å². The summed E-state index contributed by atoms with van der Waals surface area (Å²) in [5.74, 6) is 0. The van der Waals surface area contributed by atoms with Crippen molar-refractivity contribution in [3.05, 3.63) is 84.2 Å². The first-order valence-electron chi connectivity index (χ1n) is 7.21. The van der Waals surface area contributed by atoms with Gasteiger partial charge in [0.15, 0.2) is 7.14 Å². The van der Waals surface area contributed by atoms with Gasteiger partial charge in [0.25, 0.3) is 0 Å². The van der Waals surface area contributed by atoms with Crippen LogP contribution in [-0.4, -0.2) is 5.66 Å². The number of benzene rings is 2. The van der Waals surface area contributed by atoms with E-state index < -0.39 is 12.8 Å². The van der Waals surface area contributed by atoms with Crippen molar-refractivity contribution >= 4 is 17.8 Å². The second kappa shape index (κ2) is 5.69. The zero-order chi connectivity index (χ0) is 15.6. The molecule has 4 N–H and O–H groups in total. The Balaban J connectivity index is 2.16. The van der Waals surface area contributed by atoms with E-state index in [-0.39, 0.29) is 0 Å². The summed E-state index contributed by atoms with van der Waals surface area (Å²) >= 11 is 0. The molecule has 0 aliphatic heterocycles. The van der Waals surface area contributed by atoms with E-state index in [9.17, 15) is 4.57 Å². The average molecular weight is 310 g/mol. The summed E-state index contributed by atoms with van der Waals surface area (Å²) < 4.78 is 14.0. The van der Waals surface area contributed by atoms with Crippen molar-refractivity contribution in [2.75, 3.05) is 0 Å². The summed E-state index contributed by atoms with van der Waals surface area (Å²) in [7, 11) is -2.89. The van der Waals surface area contributed by atoms with Gasteiger partial charge in [-0.05, 0) is 6.08 Å². The van der Waals surface area contributed by atoms with Gasteiger partial charge in [-0.3, -0.25) is 0 Å². The molecule has 112 valence electrons. The molecule has 4 heteroatoms.